The molecule has 1 heterocycles. The molecule has 1 N–H and O–H groups in total. The van der Waals surface area contributed by atoms with Crippen LogP contribution in [0.1, 0.15) is 25.3 Å². The van der Waals surface area contributed by atoms with Gasteiger partial charge in [-0.05, 0) is 44.5 Å². The number of likely N-dealkylation sites (tertiary alicyclic amines) is 1. The number of halogens is 1. The number of benzene rings is 1. The van der Waals surface area contributed by atoms with E-state index in [0.717, 1.165) is 25.3 Å². The second-order valence-corrected chi connectivity index (χ2v) is 6.12. The normalized spacial score (nSPS) is 17.7. The lowest BCUT2D eigenvalue weighted by molar-refractivity contribution is -0.115. The first-order valence-electron chi connectivity index (χ1n) is 6.42. The summed E-state index contributed by atoms with van der Waals surface area (Å²) in [5.41, 5.74) is 2.13. The average Bonchev–Trinajstić information content (AvgIpc) is 2.84. The summed E-state index contributed by atoms with van der Waals surface area (Å²) >= 11 is 3.29. The van der Waals surface area contributed by atoms with Crippen molar-refractivity contribution < 1.29 is 4.79 Å². The molecule has 4 heteroatoms. The fourth-order valence-corrected chi connectivity index (χ4v) is 2.31. The molecule has 1 unspecified atom stereocenters. The van der Waals surface area contributed by atoms with Crippen LogP contribution >= 0.6 is 15.9 Å². The van der Waals surface area contributed by atoms with Gasteiger partial charge in [0.2, 0.25) is 5.91 Å². The van der Waals surface area contributed by atoms with Crippen molar-refractivity contribution in [3.05, 3.63) is 29.8 Å². The topological polar surface area (TPSA) is 32.3 Å². The maximum absolute atomic E-state index is 11.7. The molecule has 0 spiro atoms. The Morgan fingerprint density at radius 3 is 2.72 bits per heavy atom. The summed E-state index contributed by atoms with van der Waals surface area (Å²) in [6.07, 6.45) is 2.57. The number of hydrogen-bond acceptors (Lipinski definition) is 2. The van der Waals surface area contributed by atoms with Crippen molar-refractivity contribution in [2.45, 2.75) is 31.1 Å². The number of carbonyl (C=O) groups excluding carboxylic acids is 1. The summed E-state index contributed by atoms with van der Waals surface area (Å²) < 4.78 is 0. The van der Waals surface area contributed by atoms with Gasteiger partial charge in [-0.1, -0.05) is 34.1 Å². The maximum atomic E-state index is 11.7. The third-order valence-electron chi connectivity index (χ3n) is 3.23. The van der Waals surface area contributed by atoms with E-state index < -0.39 is 0 Å². The Labute approximate surface area is 117 Å². The summed E-state index contributed by atoms with van der Waals surface area (Å²) in [7, 11) is 0. The third-order valence-corrected chi connectivity index (χ3v) is 3.64. The van der Waals surface area contributed by atoms with Gasteiger partial charge in [0, 0.05) is 12.2 Å². The molecule has 1 saturated heterocycles. The molecule has 0 bridgehead atoms. The van der Waals surface area contributed by atoms with Crippen LogP contribution in [0.5, 0.6) is 0 Å². The number of amides is 1. The minimum Gasteiger partial charge on any atom is -0.325 e. The van der Waals surface area contributed by atoms with E-state index in [0.29, 0.717) is 0 Å². The maximum Gasteiger partial charge on any atom is 0.237 e. The first-order chi connectivity index (χ1) is 8.66. The smallest absolute Gasteiger partial charge is 0.237 e. The van der Waals surface area contributed by atoms with Gasteiger partial charge in [-0.2, -0.15) is 0 Å². The quantitative estimate of drug-likeness (QED) is 0.867. The zero-order valence-electron chi connectivity index (χ0n) is 10.7. The monoisotopic (exact) mass is 310 g/mol. The summed E-state index contributed by atoms with van der Waals surface area (Å²) in [5.74, 6) is 0.00359. The molecule has 1 amide bonds. The zero-order chi connectivity index (χ0) is 13.0. The largest absolute Gasteiger partial charge is 0.325 e. The average molecular weight is 311 g/mol. The highest BCUT2D eigenvalue weighted by molar-refractivity contribution is 9.10. The van der Waals surface area contributed by atoms with E-state index >= 15 is 0 Å². The highest BCUT2D eigenvalue weighted by Gasteiger charge is 2.15. The number of rotatable bonds is 4. The second kappa shape index (κ2) is 6.34. The van der Waals surface area contributed by atoms with Crippen molar-refractivity contribution in [3.8, 4) is 0 Å². The third kappa shape index (κ3) is 3.56. The van der Waals surface area contributed by atoms with Crippen LogP contribution < -0.4 is 5.32 Å². The number of carbonyl (C=O) groups is 1. The van der Waals surface area contributed by atoms with E-state index in [9.17, 15) is 4.79 Å². The zero-order valence-corrected chi connectivity index (χ0v) is 12.2. The standard InChI is InChI=1S/C14H19BrN2O/c1-11(15)14(18)16-13-7-3-2-6-12(13)10-17-8-4-5-9-17/h2-3,6-7,11H,4-5,8-10H2,1H3,(H,16,18). The number of nitrogens with one attached hydrogen (secondary N) is 1. The molecule has 1 atom stereocenters. The number of alkyl halides is 1. The summed E-state index contributed by atoms with van der Waals surface area (Å²) in [6, 6.07) is 8.05. The Bertz CT molecular complexity index is 414. The van der Waals surface area contributed by atoms with Crippen molar-refractivity contribution >= 4 is 27.5 Å². The van der Waals surface area contributed by atoms with Crippen LogP contribution in [0, 0.1) is 0 Å². The molecule has 0 aliphatic carbocycles. The van der Waals surface area contributed by atoms with Crippen LogP contribution in [0.4, 0.5) is 5.69 Å². The Balaban J connectivity index is 2.07. The molecule has 3 nitrogen and oxygen atoms in total. The van der Waals surface area contributed by atoms with Crippen molar-refractivity contribution in [3.63, 3.8) is 0 Å². The predicted molar refractivity (Wildman–Crippen MR) is 78.0 cm³/mol. The number of hydrogen-bond donors (Lipinski definition) is 1. The second-order valence-electron chi connectivity index (χ2n) is 4.75. The van der Waals surface area contributed by atoms with Gasteiger partial charge in [0.25, 0.3) is 0 Å². The number of anilines is 1. The lowest BCUT2D eigenvalue weighted by atomic mass is 10.1. The Morgan fingerprint density at radius 1 is 1.39 bits per heavy atom. The van der Waals surface area contributed by atoms with Crippen molar-refractivity contribution in [2.24, 2.45) is 0 Å². The predicted octanol–water partition coefficient (Wildman–Crippen LogP) is 3.00. The lowest BCUT2D eigenvalue weighted by Crippen LogP contribution is -2.23. The van der Waals surface area contributed by atoms with Crippen LogP contribution in [0.2, 0.25) is 0 Å². The Hall–Kier alpha value is -0.870. The molecule has 0 saturated carbocycles. The van der Waals surface area contributed by atoms with Gasteiger partial charge in [0.1, 0.15) is 0 Å². The minimum absolute atomic E-state index is 0.00359. The van der Waals surface area contributed by atoms with Crippen molar-refractivity contribution in [1.82, 2.24) is 4.90 Å². The van der Waals surface area contributed by atoms with Gasteiger partial charge in [0.15, 0.2) is 0 Å². The number of para-hydroxylation sites is 1. The first-order valence-corrected chi connectivity index (χ1v) is 7.33. The fraction of sp³-hybridized carbons (Fsp3) is 0.500. The molecule has 1 aliphatic heterocycles. The van der Waals surface area contributed by atoms with E-state index in [2.05, 4.69) is 32.2 Å². The highest BCUT2D eigenvalue weighted by Crippen LogP contribution is 2.20. The molecule has 18 heavy (non-hydrogen) atoms. The van der Waals surface area contributed by atoms with Crippen LogP contribution in [0.25, 0.3) is 0 Å². The Kier molecular flexibility index (Phi) is 4.78. The molecule has 0 aromatic heterocycles. The van der Waals surface area contributed by atoms with Gasteiger partial charge in [-0.15, -0.1) is 0 Å². The lowest BCUT2D eigenvalue weighted by Gasteiger charge is -2.18. The summed E-state index contributed by atoms with van der Waals surface area (Å²) in [6.45, 7) is 5.08. The molecule has 1 aromatic carbocycles. The first kappa shape index (κ1) is 13.6. The summed E-state index contributed by atoms with van der Waals surface area (Å²) in [4.78, 5) is 14.0. The minimum atomic E-state index is -0.169. The van der Waals surface area contributed by atoms with Crippen LogP contribution in [0.15, 0.2) is 24.3 Å². The van der Waals surface area contributed by atoms with E-state index in [-0.39, 0.29) is 10.7 Å². The molecular weight excluding hydrogens is 292 g/mol. The van der Waals surface area contributed by atoms with Crippen molar-refractivity contribution in [2.75, 3.05) is 18.4 Å². The van der Waals surface area contributed by atoms with Crippen LogP contribution in [0.3, 0.4) is 0 Å². The number of nitrogens with zero attached hydrogens (tertiary/aromatic N) is 1. The Morgan fingerprint density at radius 2 is 2.06 bits per heavy atom. The molecule has 1 aromatic rings. The fourth-order valence-electron chi connectivity index (χ4n) is 2.19. The summed E-state index contributed by atoms with van der Waals surface area (Å²) in [5, 5.41) is 2.97. The molecule has 1 fully saturated rings. The molecule has 0 radical (unpaired) electrons. The molecular formula is C14H19BrN2O. The van der Waals surface area contributed by atoms with E-state index in [1.807, 2.05) is 25.1 Å². The van der Waals surface area contributed by atoms with E-state index in [4.69, 9.17) is 0 Å². The van der Waals surface area contributed by atoms with Gasteiger partial charge in [0.05, 0.1) is 4.83 Å². The molecule has 1 aliphatic rings. The van der Waals surface area contributed by atoms with Crippen LogP contribution in [-0.2, 0) is 11.3 Å². The van der Waals surface area contributed by atoms with Crippen molar-refractivity contribution in [1.29, 1.82) is 0 Å². The van der Waals surface area contributed by atoms with Gasteiger partial charge in [-0.3, -0.25) is 9.69 Å². The molecule has 98 valence electrons. The highest BCUT2D eigenvalue weighted by atomic mass is 79.9. The van der Waals surface area contributed by atoms with Crippen LogP contribution in [-0.4, -0.2) is 28.7 Å². The van der Waals surface area contributed by atoms with E-state index in [1.165, 1.54) is 18.4 Å². The van der Waals surface area contributed by atoms with Gasteiger partial charge < -0.3 is 5.32 Å². The van der Waals surface area contributed by atoms with Gasteiger partial charge >= 0.3 is 0 Å². The van der Waals surface area contributed by atoms with Gasteiger partial charge in [-0.25, -0.2) is 0 Å². The van der Waals surface area contributed by atoms with E-state index in [1.54, 1.807) is 0 Å². The molecule has 2 rings (SSSR count). The SMILES string of the molecule is CC(Br)C(=O)Nc1ccccc1CN1CCCC1.